The van der Waals surface area contributed by atoms with Gasteiger partial charge >= 0.3 is 0 Å². The van der Waals surface area contributed by atoms with Crippen LogP contribution in [0.5, 0.6) is 0 Å². The Morgan fingerprint density at radius 2 is 2.30 bits per heavy atom. The first kappa shape index (κ1) is 8.11. The average molecular weight is 250 g/mol. The Bertz CT molecular complexity index is 158. The zero-order chi connectivity index (χ0) is 7.23. The van der Waals surface area contributed by atoms with Gasteiger partial charge in [-0.15, -0.1) is 0 Å². The van der Waals surface area contributed by atoms with Crippen LogP contribution in [0.1, 0.15) is 18.6 Å². The first-order chi connectivity index (χ1) is 4.93. The van der Waals surface area contributed by atoms with Crippen molar-refractivity contribution < 1.29 is 4.42 Å². The van der Waals surface area contributed by atoms with E-state index >= 15 is 0 Å². The van der Waals surface area contributed by atoms with Crippen molar-refractivity contribution in [2.45, 2.75) is 19.3 Å². The van der Waals surface area contributed by atoms with Crippen molar-refractivity contribution in [1.29, 1.82) is 0 Å². The van der Waals surface area contributed by atoms with E-state index in [1.54, 1.807) is 6.26 Å². The topological polar surface area (TPSA) is 13.1 Å². The van der Waals surface area contributed by atoms with E-state index in [1.165, 1.54) is 17.3 Å². The Balaban J connectivity index is 2.15. The summed E-state index contributed by atoms with van der Waals surface area (Å²) in [6, 6.07) is 3.98. The number of halogens is 1. The number of unbranched alkanes of at least 4 members (excludes halogenated alkanes) is 1. The molecule has 0 aliphatic rings. The van der Waals surface area contributed by atoms with Crippen LogP contribution >= 0.6 is 22.6 Å². The quantitative estimate of drug-likeness (QED) is 0.454. The van der Waals surface area contributed by atoms with Gasteiger partial charge in [-0.25, -0.2) is 0 Å². The van der Waals surface area contributed by atoms with Crippen LogP contribution in [0, 0.1) is 0 Å². The van der Waals surface area contributed by atoms with E-state index in [0.717, 1.165) is 12.2 Å². The normalized spacial score (nSPS) is 10.1. The molecule has 2 heteroatoms. The molecule has 0 bridgehead atoms. The van der Waals surface area contributed by atoms with Gasteiger partial charge in [0.15, 0.2) is 0 Å². The lowest BCUT2D eigenvalue weighted by Gasteiger charge is -1.92. The molecule has 0 aliphatic carbocycles. The smallest absolute Gasteiger partial charge is 0.103 e. The Kier molecular flexibility index (Phi) is 3.87. The third-order valence-corrected chi connectivity index (χ3v) is 2.15. The third kappa shape index (κ3) is 2.73. The van der Waals surface area contributed by atoms with Gasteiger partial charge in [0.1, 0.15) is 5.76 Å². The van der Waals surface area contributed by atoms with E-state index in [-0.39, 0.29) is 0 Å². The average Bonchev–Trinajstić information content (AvgIpc) is 2.41. The van der Waals surface area contributed by atoms with Crippen molar-refractivity contribution in [2.24, 2.45) is 0 Å². The van der Waals surface area contributed by atoms with Crippen molar-refractivity contribution >= 4 is 22.6 Å². The number of aryl methyl sites for hydroxylation is 1. The Morgan fingerprint density at radius 3 is 2.90 bits per heavy atom. The molecular weight excluding hydrogens is 239 g/mol. The molecule has 1 heterocycles. The summed E-state index contributed by atoms with van der Waals surface area (Å²) in [5.41, 5.74) is 0. The van der Waals surface area contributed by atoms with E-state index in [1.807, 2.05) is 12.1 Å². The van der Waals surface area contributed by atoms with Crippen LogP contribution in [0.25, 0.3) is 0 Å². The zero-order valence-electron chi connectivity index (χ0n) is 5.85. The number of alkyl halides is 1. The molecule has 0 fully saturated rings. The summed E-state index contributed by atoms with van der Waals surface area (Å²) in [5, 5.41) is 0. The molecule has 56 valence electrons. The maximum atomic E-state index is 5.18. The number of hydrogen-bond acceptors (Lipinski definition) is 1. The van der Waals surface area contributed by atoms with Crippen LogP contribution in [-0.2, 0) is 6.42 Å². The molecule has 0 radical (unpaired) electrons. The lowest BCUT2D eigenvalue weighted by molar-refractivity contribution is 0.501. The molecule has 1 nitrogen and oxygen atoms in total. The van der Waals surface area contributed by atoms with Crippen LogP contribution in [0.4, 0.5) is 0 Å². The van der Waals surface area contributed by atoms with Gasteiger partial charge < -0.3 is 4.42 Å². The van der Waals surface area contributed by atoms with Gasteiger partial charge in [-0.2, -0.15) is 0 Å². The van der Waals surface area contributed by atoms with Gasteiger partial charge in [0.25, 0.3) is 0 Å². The highest BCUT2D eigenvalue weighted by atomic mass is 127. The largest absolute Gasteiger partial charge is 0.469 e. The molecule has 0 unspecified atom stereocenters. The molecule has 0 aromatic carbocycles. The Morgan fingerprint density at radius 1 is 1.40 bits per heavy atom. The fourth-order valence-electron chi connectivity index (χ4n) is 0.849. The molecule has 10 heavy (non-hydrogen) atoms. The minimum absolute atomic E-state index is 1.09. The first-order valence-corrected chi connectivity index (χ1v) is 5.04. The van der Waals surface area contributed by atoms with E-state index in [4.69, 9.17) is 4.42 Å². The van der Waals surface area contributed by atoms with Gasteiger partial charge in [0.2, 0.25) is 0 Å². The maximum Gasteiger partial charge on any atom is 0.103 e. The predicted molar refractivity (Wildman–Crippen MR) is 50.5 cm³/mol. The second kappa shape index (κ2) is 4.77. The summed E-state index contributed by atoms with van der Waals surface area (Å²) in [7, 11) is 0. The Hall–Kier alpha value is 0.01000. The van der Waals surface area contributed by atoms with E-state index in [2.05, 4.69) is 22.6 Å². The van der Waals surface area contributed by atoms with Crippen molar-refractivity contribution in [2.75, 3.05) is 4.43 Å². The molecule has 1 aromatic rings. The molecule has 0 aliphatic heterocycles. The number of furan rings is 1. The van der Waals surface area contributed by atoms with Crippen molar-refractivity contribution in [3.8, 4) is 0 Å². The van der Waals surface area contributed by atoms with Gasteiger partial charge in [-0.05, 0) is 29.4 Å². The minimum Gasteiger partial charge on any atom is -0.469 e. The van der Waals surface area contributed by atoms with Crippen molar-refractivity contribution in [3.63, 3.8) is 0 Å². The summed E-state index contributed by atoms with van der Waals surface area (Å²) in [4.78, 5) is 0. The van der Waals surface area contributed by atoms with E-state index in [0.29, 0.717) is 0 Å². The Labute approximate surface area is 74.9 Å². The molecule has 1 rings (SSSR count). The van der Waals surface area contributed by atoms with Gasteiger partial charge in [0.05, 0.1) is 6.26 Å². The molecule has 0 spiro atoms. The van der Waals surface area contributed by atoms with Crippen LogP contribution in [0.15, 0.2) is 22.8 Å². The summed E-state index contributed by atoms with van der Waals surface area (Å²) in [6.07, 6.45) is 5.37. The van der Waals surface area contributed by atoms with Crippen LogP contribution in [-0.4, -0.2) is 4.43 Å². The lowest BCUT2D eigenvalue weighted by Crippen LogP contribution is -1.81. The van der Waals surface area contributed by atoms with Gasteiger partial charge in [0, 0.05) is 6.42 Å². The zero-order valence-corrected chi connectivity index (χ0v) is 8.00. The fraction of sp³-hybridized carbons (Fsp3) is 0.500. The SMILES string of the molecule is ICCCCc1ccco1. The highest BCUT2D eigenvalue weighted by Gasteiger charge is 1.93. The van der Waals surface area contributed by atoms with Crippen molar-refractivity contribution in [1.82, 2.24) is 0 Å². The minimum atomic E-state index is 1.09. The standard InChI is InChI=1S/C8H11IO/c9-6-2-1-4-8-5-3-7-10-8/h3,5,7H,1-2,4,6H2. The molecule has 0 N–H and O–H groups in total. The second-order valence-corrected chi connectivity index (χ2v) is 3.30. The fourth-order valence-corrected chi connectivity index (χ4v) is 1.39. The summed E-state index contributed by atoms with van der Waals surface area (Å²) in [6.45, 7) is 0. The van der Waals surface area contributed by atoms with Crippen LogP contribution in [0.3, 0.4) is 0 Å². The highest BCUT2D eigenvalue weighted by Crippen LogP contribution is 2.05. The number of rotatable bonds is 4. The molecule has 0 saturated carbocycles. The van der Waals surface area contributed by atoms with Gasteiger partial charge in [-0.3, -0.25) is 0 Å². The second-order valence-electron chi connectivity index (χ2n) is 2.23. The van der Waals surface area contributed by atoms with E-state index in [9.17, 15) is 0 Å². The summed E-state index contributed by atoms with van der Waals surface area (Å²) >= 11 is 2.40. The van der Waals surface area contributed by atoms with E-state index < -0.39 is 0 Å². The predicted octanol–water partition coefficient (Wildman–Crippen LogP) is 3.04. The summed E-state index contributed by atoms with van der Waals surface area (Å²) < 4.78 is 6.43. The highest BCUT2D eigenvalue weighted by molar-refractivity contribution is 14.1. The van der Waals surface area contributed by atoms with Crippen LogP contribution in [0.2, 0.25) is 0 Å². The third-order valence-electron chi connectivity index (χ3n) is 1.39. The molecule has 0 atom stereocenters. The maximum absolute atomic E-state index is 5.18. The molecular formula is C8H11IO. The summed E-state index contributed by atoms with van der Waals surface area (Å²) in [5.74, 6) is 1.12. The van der Waals surface area contributed by atoms with Gasteiger partial charge in [-0.1, -0.05) is 22.6 Å². The monoisotopic (exact) mass is 250 g/mol. The van der Waals surface area contributed by atoms with Crippen molar-refractivity contribution in [3.05, 3.63) is 24.2 Å². The van der Waals surface area contributed by atoms with Crippen LogP contribution < -0.4 is 0 Å². The first-order valence-electron chi connectivity index (χ1n) is 3.52. The molecule has 0 saturated heterocycles. The molecule has 1 aromatic heterocycles. The lowest BCUT2D eigenvalue weighted by atomic mass is 10.2. The number of hydrogen-bond donors (Lipinski definition) is 0. The molecule has 0 amide bonds.